The molecule has 2 N–H and O–H groups in total. The van der Waals surface area contributed by atoms with E-state index in [-0.39, 0.29) is 29.5 Å². The lowest BCUT2D eigenvalue weighted by Crippen LogP contribution is -2.54. The SMILES string of the molecule is CC(c1nnc(OCCOC(F)(F)F)o1)C1CC[Si](NC(=O)c2ccc(C(F)(F)F)c(F)c2)CN1. The van der Waals surface area contributed by atoms with Crippen LogP contribution in [0.25, 0.3) is 0 Å². The van der Waals surface area contributed by atoms with E-state index >= 15 is 0 Å². The molecule has 16 heteroatoms. The highest BCUT2D eigenvalue weighted by molar-refractivity contribution is 6.60. The first-order valence-corrected chi connectivity index (χ1v) is 12.2. The molecule has 35 heavy (non-hydrogen) atoms. The van der Waals surface area contributed by atoms with E-state index in [4.69, 9.17) is 9.15 Å². The van der Waals surface area contributed by atoms with E-state index < -0.39 is 52.0 Å². The molecule has 0 aliphatic carbocycles. The molecule has 0 saturated carbocycles. The standard InChI is InChI=1S/C19H20F7N4O4Si/c1-10(16-28-29-17(34-16)32-5-6-33-19(24,25)26)14-4-7-35(9-27-14)30-15(31)11-2-3-12(13(20)8-11)18(21,22)23/h2-3,8,10,14,27H,4-7,9H2,1H3,(H,30,31). The summed E-state index contributed by atoms with van der Waals surface area (Å²) in [5.41, 5.74) is -1.65. The van der Waals surface area contributed by atoms with Crippen molar-refractivity contribution in [3.63, 3.8) is 0 Å². The molecule has 1 aliphatic heterocycles. The predicted octanol–water partition coefficient (Wildman–Crippen LogP) is 3.57. The molecule has 1 aliphatic rings. The van der Waals surface area contributed by atoms with Gasteiger partial charge in [0.25, 0.3) is 0 Å². The summed E-state index contributed by atoms with van der Waals surface area (Å²) in [6, 6.07) is 2.51. The average Bonchev–Trinajstić information content (AvgIpc) is 3.24. The van der Waals surface area contributed by atoms with Crippen molar-refractivity contribution < 1.29 is 49.4 Å². The summed E-state index contributed by atoms with van der Waals surface area (Å²) in [6.07, 6.45) is -8.90. The first-order chi connectivity index (χ1) is 16.3. The summed E-state index contributed by atoms with van der Waals surface area (Å²) in [7, 11) is -1.47. The van der Waals surface area contributed by atoms with Gasteiger partial charge in [0, 0.05) is 23.7 Å². The molecule has 1 aromatic heterocycles. The molecular weight excluding hydrogens is 509 g/mol. The minimum absolute atomic E-state index is 0.119. The number of amides is 1. The lowest BCUT2D eigenvalue weighted by Gasteiger charge is -2.31. The van der Waals surface area contributed by atoms with Crippen molar-refractivity contribution in [2.75, 3.05) is 19.4 Å². The number of alkyl halides is 6. The molecule has 0 spiro atoms. The van der Waals surface area contributed by atoms with E-state index in [2.05, 4.69) is 25.2 Å². The van der Waals surface area contributed by atoms with Crippen LogP contribution in [0.5, 0.6) is 6.08 Å². The van der Waals surface area contributed by atoms with Gasteiger partial charge in [-0.2, -0.15) is 13.2 Å². The highest BCUT2D eigenvalue weighted by Crippen LogP contribution is 2.31. The predicted molar refractivity (Wildman–Crippen MR) is 106 cm³/mol. The Labute approximate surface area is 195 Å². The maximum atomic E-state index is 13.7. The number of hydrogen-bond acceptors (Lipinski definition) is 7. The van der Waals surface area contributed by atoms with Crippen molar-refractivity contribution in [1.82, 2.24) is 20.5 Å². The van der Waals surface area contributed by atoms with Gasteiger partial charge in [0.15, 0.2) is 8.96 Å². The molecule has 2 unspecified atom stereocenters. The van der Waals surface area contributed by atoms with E-state index in [0.717, 1.165) is 6.07 Å². The maximum absolute atomic E-state index is 13.7. The van der Waals surface area contributed by atoms with Gasteiger partial charge >= 0.3 is 18.6 Å². The van der Waals surface area contributed by atoms with Crippen LogP contribution in [0.2, 0.25) is 6.04 Å². The van der Waals surface area contributed by atoms with Crippen LogP contribution >= 0.6 is 0 Å². The topological polar surface area (TPSA) is 98.5 Å². The minimum Gasteiger partial charge on any atom is -0.447 e. The van der Waals surface area contributed by atoms with Crippen LogP contribution in [0.4, 0.5) is 30.7 Å². The number of nitrogens with one attached hydrogen (secondary N) is 2. The largest absolute Gasteiger partial charge is 0.522 e. The second-order valence-electron chi connectivity index (χ2n) is 7.61. The molecule has 2 atom stereocenters. The van der Waals surface area contributed by atoms with Gasteiger partial charge in [0.05, 0.1) is 12.2 Å². The highest BCUT2D eigenvalue weighted by atomic mass is 28.3. The highest BCUT2D eigenvalue weighted by Gasteiger charge is 2.35. The van der Waals surface area contributed by atoms with Crippen LogP contribution in [0, 0.1) is 5.82 Å². The molecule has 1 amide bonds. The average molecular weight is 529 g/mol. The fraction of sp³-hybridized carbons (Fsp3) is 0.526. The summed E-state index contributed by atoms with van der Waals surface area (Å²) in [5, 5.41) is 10.7. The van der Waals surface area contributed by atoms with Crippen molar-refractivity contribution in [1.29, 1.82) is 0 Å². The summed E-state index contributed by atoms with van der Waals surface area (Å²) in [5.74, 6) is -2.26. The molecule has 1 radical (unpaired) electrons. The molecule has 2 heterocycles. The Morgan fingerprint density at radius 2 is 2.00 bits per heavy atom. The number of hydrogen-bond donors (Lipinski definition) is 2. The van der Waals surface area contributed by atoms with Gasteiger partial charge < -0.3 is 19.5 Å². The Morgan fingerprint density at radius 3 is 2.60 bits per heavy atom. The van der Waals surface area contributed by atoms with Crippen molar-refractivity contribution in [3.8, 4) is 6.08 Å². The van der Waals surface area contributed by atoms with Gasteiger partial charge in [-0.3, -0.25) is 9.53 Å². The van der Waals surface area contributed by atoms with Gasteiger partial charge in [-0.1, -0.05) is 12.0 Å². The molecule has 1 fully saturated rings. The first-order valence-electron chi connectivity index (χ1n) is 10.3. The van der Waals surface area contributed by atoms with Gasteiger partial charge in [-0.25, -0.2) is 4.39 Å². The summed E-state index contributed by atoms with van der Waals surface area (Å²) < 4.78 is 101. The molecule has 8 nitrogen and oxygen atoms in total. The molecule has 1 aromatic carbocycles. The number of nitrogens with zero attached hydrogens (tertiary/aromatic N) is 2. The van der Waals surface area contributed by atoms with Gasteiger partial charge in [-0.15, -0.1) is 18.3 Å². The Hall–Kier alpha value is -2.72. The second-order valence-corrected chi connectivity index (χ2v) is 9.92. The molecule has 3 rings (SSSR count). The Kier molecular flexibility index (Phi) is 8.37. The fourth-order valence-electron chi connectivity index (χ4n) is 3.35. The third-order valence-electron chi connectivity index (χ3n) is 5.15. The zero-order valence-electron chi connectivity index (χ0n) is 18.1. The summed E-state index contributed by atoms with van der Waals surface area (Å²) >= 11 is 0. The van der Waals surface area contributed by atoms with Crippen LogP contribution < -0.4 is 15.0 Å². The quantitative estimate of drug-likeness (QED) is 0.307. The molecule has 1 saturated heterocycles. The van der Waals surface area contributed by atoms with Crippen LogP contribution in [0.3, 0.4) is 0 Å². The zero-order valence-corrected chi connectivity index (χ0v) is 19.1. The Balaban J connectivity index is 1.46. The van der Waals surface area contributed by atoms with Crippen LogP contribution in [0.15, 0.2) is 22.6 Å². The van der Waals surface area contributed by atoms with E-state index in [1.54, 1.807) is 6.92 Å². The second kappa shape index (κ2) is 10.9. The lowest BCUT2D eigenvalue weighted by atomic mass is 10.00. The van der Waals surface area contributed by atoms with Gasteiger partial charge in [0.1, 0.15) is 12.4 Å². The fourth-order valence-corrected chi connectivity index (χ4v) is 5.37. The summed E-state index contributed by atoms with van der Waals surface area (Å²) in [4.78, 5) is 15.1. The lowest BCUT2D eigenvalue weighted by molar-refractivity contribution is -0.325. The first kappa shape index (κ1) is 26.9. The molecular formula is C19H20F7N4O4Si. The molecule has 193 valence electrons. The number of carbonyl (C=O) groups excluding carboxylic acids is 1. The van der Waals surface area contributed by atoms with Crippen molar-refractivity contribution >= 4 is 14.9 Å². The monoisotopic (exact) mass is 529 g/mol. The normalized spacial score (nSPS) is 18.3. The maximum Gasteiger partial charge on any atom is 0.522 e. The van der Waals surface area contributed by atoms with Crippen LogP contribution in [-0.4, -0.2) is 56.8 Å². The Bertz CT molecular complexity index is 1010. The zero-order chi connectivity index (χ0) is 25.8. The third kappa shape index (κ3) is 7.63. The number of benzene rings is 1. The molecule has 0 bridgehead atoms. The number of rotatable bonds is 8. The van der Waals surface area contributed by atoms with Crippen LogP contribution in [-0.2, 0) is 10.9 Å². The van der Waals surface area contributed by atoms with E-state index in [1.807, 2.05) is 0 Å². The number of aromatic nitrogens is 2. The van der Waals surface area contributed by atoms with E-state index in [1.165, 1.54) is 0 Å². The number of halogens is 7. The van der Waals surface area contributed by atoms with Crippen molar-refractivity contribution in [3.05, 3.63) is 41.0 Å². The molecule has 2 aromatic rings. The van der Waals surface area contributed by atoms with E-state index in [0.29, 0.717) is 30.8 Å². The summed E-state index contributed by atoms with van der Waals surface area (Å²) in [6.45, 7) is 0.616. The van der Waals surface area contributed by atoms with Gasteiger partial charge in [0.2, 0.25) is 11.8 Å². The van der Waals surface area contributed by atoms with Crippen LogP contribution in [0.1, 0.15) is 41.1 Å². The number of carbonyl (C=O) groups is 1. The minimum atomic E-state index is -4.85. The van der Waals surface area contributed by atoms with E-state index in [9.17, 15) is 35.5 Å². The van der Waals surface area contributed by atoms with Crippen molar-refractivity contribution in [2.45, 2.75) is 43.9 Å². The third-order valence-corrected chi connectivity index (χ3v) is 7.26. The Morgan fingerprint density at radius 1 is 1.26 bits per heavy atom. The van der Waals surface area contributed by atoms with Crippen molar-refractivity contribution in [2.24, 2.45) is 0 Å². The number of ether oxygens (including phenoxy) is 2. The smallest absolute Gasteiger partial charge is 0.447 e. The van der Waals surface area contributed by atoms with Gasteiger partial charge in [-0.05, 0) is 30.7 Å².